The minimum Gasteiger partial charge on any atom is -0.504 e. The monoisotopic (exact) mass is 268 g/mol. The number of carboxylic acid groups (broad SMARTS) is 1. The molecule has 0 aliphatic rings. The van der Waals surface area contributed by atoms with Crippen molar-refractivity contribution in [3.05, 3.63) is 24.3 Å². The Morgan fingerprint density at radius 2 is 1.79 bits per heavy atom. The Labute approximate surface area is 115 Å². The summed E-state index contributed by atoms with van der Waals surface area (Å²) in [6, 6.07) is 6.84. The second kappa shape index (κ2) is 11.4. The number of hydrogen-bond donors (Lipinski definition) is 2. The molecule has 0 saturated heterocycles. The molecular formula is C15H24O4. The first-order valence-electron chi connectivity index (χ1n) is 6.65. The van der Waals surface area contributed by atoms with Crippen LogP contribution in [0.15, 0.2) is 24.3 Å². The van der Waals surface area contributed by atoms with Crippen LogP contribution < -0.4 is 4.74 Å². The summed E-state index contributed by atoms with van der Waals surface area (Å²) >= 11 is 0. The zero-order chi connectivity index (χ0) is 14.5. The number of ether oxygens (including phenoxy) is 1. The van der Waals surface area contributed by atoms with Gasteiger partial charge in [0.05, 0.1) is 7.11 Å². The van der Waals surface area contributed by atoms with Gasteiger partial charge in [-0.2, -0.15) is 0 Å². The lowest BCUT2D eigenvalue weighted by Gasteiger charge is -1.99. The molecule has 0 aromatic heterocycles. The summed E-state index contributed by atoms with van der Waals surface area (Å²) in [5, 5.41) is 17.3. The van der Waals surface area contributed by atoms with Gasteiger partial charge in [0.25, 0.3) is 0 Å². The summed E-state index contributed by atoms with van der Waals surface area (Å²) in [6.07, 6.45) is 5.88. The van der Waals surface area contributed by atoms with E-state index >= 15 is 0 Å². The number of benzene rings is 1. The highest BCUT2D eigenvalue weighted by Gasteiger charge is 1.95. The lowest BCUT2D eigenvalue weighted by molar-refractivity contribution is -0.137. The molecule has 1 aromatic carbocycles. The smallest absolute Gasteiger partial charge is 0.303 e. The van der Waals surface area contributed by atoms with Crippen molar-refractivity contribution < 1.29 is 19.7 Å². The molecule has 0 amide bonds. The number of carboxylic acids is 1. The number of aromatic hydroxyl groups is 1. The molecule has 0 atom stereocenters. The third-order valence-electron chi connectivity index (χ3n) is 2.58. The standard InChI is InChI=1S/C8H16O2.C7H8O2/c1-2-3-4-5-6-7-8(9)10;1-9-7-5-3-2-4-6(7)8/h2-7H2,1H3,(H,9,10);2-5,8H,1H3. The number of carbonyl (C=O) groups is 1. The molecule has 0 radical (unpaired) electrons. The maximum absolute atomic E-state index is 10.0. The molecule has 0 aliphatic carbocycles. The van der Waals surface area contributed by atoms with Gasteiger partial charge in [-0.15, -0.1) is 0 Å². The lowest BCUT2D eigenvalue weighted by Crippen LogP contribution is -1.93. The number of hydrogen-bond acceptors (Lipinski definition) is 3. The van der Waals surface area contributed by atoms with E-state index in [0.29, 0.717) is 12.2 Å². The van der Waals surface area contributed by atoms with Crippen LogP contribution in [0.25, 0.3) is 0 Å². The van der Waals surface area contributed by atoms with Crippen LogP contribution in [0.5, 0.6) is 11.5 Å². The SMILES string of the molecule is CCCCCCCC(=O)O.COc1ccccc1O. The van der Waals surface area contributed by atoms with Gasteiger partial charge in [-0.05, 0) is 18.6 Å². The summed E-state index contributed by atoms with van der Waals surface area (Å²) in [7, 11) is 1.52. The van der Waals surface area contributed by atoms with E-state index in [4.69, 9.17) is 14.9 Å². The van der Waals surface area contributed by atoms with Gasteiger partial charge in [-0.25, -0.2) is 0 Å². The highest BCUT2D eigenvalue weighted by molar-refractivity contribution is 5.66. The van der Waals surface area contributed by atoms with Crippen molar-refractivity contribution in [1.29, 1.82) is 0 Å². The maximum atomic E-state index is 10.0. The second-order valence-electron chi connectivity index (χ2n) is 4.23. The number of methoxy groups -OCH3 is 1. The summed E-state index contributed by atoms with van der Waals surface area (Å²) in [5.74, 6) is 0.0222. The number of rotatable bonds is 7. The zero-order valence-electron chi connectivity index (χ0n) is 11.8. The van der Waals surface area contributed by atoms with Crippen LogP contribution in [0.1, 0.15) is 45.4 Å². The third-order valence-corrected chi connectivity index (χ3v) is 2.58. The molecule has 0 heterocycles. The van der Waals surface area contributed by atoms with Gasteiger partial charge in [0.2, 0.25) is 0 Å². The van der Waals surface area contributed by atoms with Crippen LogP contribution in [0.3, 0.4) is 0 Å². The van der Waals surface area contributed by atoms with E-state index in [1.165, 1.54) is 26.4 Å². The van der Waals surface area contributed by atoms with Gasteiger partial charge in [0.1, 0.15) is 0 Å². The van der Waals surface area contributed by atoms with Crippen LogP contribution >= 0.6 is 0 Å². The quantitative estimate of drug-likeness (QED) is 0.737. The topological polar surface area (TPSA) is 66.8 Å². The van der Waals surface area contributed by atoms with Crippen molar-refractivity contribution in [3.8, 4) is 11.5 Å². The normalized spacial score (nSPS) is 9.37. The fraction of sp³-hybridized carbons (Fsp3) is 0.533. The predicted octanol–water partition coefficient (Wildman–Crippen LogP) is 3.83. The molecule has 1 rings (SSSR count). The van der Waals surface area contributed by atoms with Crippen molar-refractivity contribution in [2.24, 2.45) is 0 Å². The van der Waals surface area contributed by atoms with Crippen molar-refractivity contribution in [2.75, 3.05) is 7.11 Å². The Morgan fingerprint density at radius 3 is 2.26 bits per heavy atom. The summed E-state index contributed by atoms with van der Waals surface area (Å²) in [5.41, 5.74) is 0. The van der Waals surface area contributed by atoms with Crippen LogP contribution in [0.2, 0.25) is 0 Å². The van der Waals surface area contributed by atoms with Gasteiger partial charge >= 0.3 is 5.97 Å². The largest absolute Gasteiger partial charge is 0.504 e. The van der Waals surface area contributed by atoms with E-state index in [1.807, 2.05) is 0 Å². The molecular weight excluding hydrogens is 244 g/mol. The average molecular weight is 268 g/mol. The van der Waals surface area contributed by atoms with Gasteiger partial charge in [-0.3, -0.25) is 4.79 Å². The molecule has 0 bridgehead atoms. The van der Waals surface area contributed by atoms with Crippen LogP contribution in [0, 0.1) is 0 Å². The number of phenolic OH excluding ortho intramolecular Hbond substituents is 1. The number of phenols is 1. The Balaban J connectivity index is 0.000000342. The Hall–Kier alpha value is -1.71. The minimum atomic E-state index is -0.670. The summed E-state index contributed by atoms with van der Waals surface area (Å²) < 4.78 is 4.79. The Bertz CT molecular complexity index is 350. The number of aliphatic carboxylic acids is 1. The zero-order valence-corrected chi connectivity index (χ0v) is 11.8. The molecule has 4 nitrogen and oxygen atoms in total. The first-order chi connectivity index (χ1) is 9.11. The van der Waals surface area contributed by atoms with E-state index in [1.54, 1.807) is 24.3 Å². The molecule has 2 N–H and O–H groups in total. The summed E-state index contributed by atoms with van der Waals surface area (Å²) in [4.78, 5) is 10.0. The number of para-hydroxylation sites is 2. The van der Waals surface area contributed by atoms with E-state index < -0.39 is 5.97 Å². The molecule has 108 valence electrons. The van der Waals surface area contributed by atoms with Crippen molar-refractivity contribution in [3.63, 3.8) is 0 Å². The minimum absolute atomic E-state index is 0.181. The molecule has 19 heavy (non-hydrogen) atoms. The van der Waals surface area contributed by atoms with Crippen molar-refractivity contribution in [1.82, 2.24) is 0 Å². The maximum Gasteiger partial charge on any atom is 0.303 e. The molecule has 0 unspecified atom stereocenters. The van der Waals surface area contributed by atoms with E-state index in [0.717, 1.165) is 12.8 Å². The number of unbranched alkanes of at least 4 members (excludes halogenated alkanes) is 4. The molecule has 1 aromatic rings. The molecule has 4 heteroatoms. The van der Waals surface area contributed by atoms with E-state index in [9.17, 15) is 4.79 Å². The van der Waals surface area contributed by atoms with Crippen molar-refractivity contribution >= 4 is 5.97 Å². The molecule has 0 spiro atoms. The van der Waals surface area contributed by atoms with Crippen LogP contribution in [0.4, 0.5) is 0 Å². The first-order valence-corrected chi connectivity index (χ1v) is 6.65. The fourth-order valence-corrected chi connectivity index (χ4v) is 1.51. The van der Waals surface area contributed by atoms with Crippen LogP contribution in [-0.4, -0.2) is 23.3 Å². The van der Waals surface area contributed by atoms with Gasteiger partial charge in [-0.1, -0.05) is 44.7 Å². The van der Waals surface area contributed by atoms with Gasteiger partial charge in [0, 0.05) is 6.42 Å². The lowest BCUT2D eigenvalue weighted by atomic mass is 10.1. The van der Waals surface area contributed by atoms with Gasteiger partial charge < -0.3 is 14.9 Å². The second-order valence-corrected chi connectivity index (χ2v) is 4.23. The highest BCUT2D eigenvalue weighted by atomic mass is 16.5. The average Bonchev–Trinajstić information content (AvgIpc) is 2.39. The third kappa shape index (κ3) is 9.94. The predicted molar refractivity (Wildman–Crippen MR) is 75.7 cm³/mol. The fourth-order valence-electron chi connectivity index (χ4n) is 1.51. The molecule has 0 saturated carbocycles. The van der Waals surface area contributed by atoms with E-state index in [-0.39, 0.29) is 5.75 Å². The van der Waals surface area contributed by atoms with Crippen molar-refractivity contribution in [2.45, 2.75) is 45.4 Å². The molecule has 0 aliphatic heterocycles. The van der Waals surface area contributed by atoms with Crippen LogP contribution in [-0.2, 0) is 4.79 Å². The Morgan fingerprint density at radius 1 is 1.16 bits per heavy atom. The summed E-state index contributed by atoms with van der Waals surface area (Å²) in [6.45, 7) is 2.15. The highest BCUT2D eigenvalue weighted by Crippen LogP contribution is 2.22. The molecule has 0 fully saturated rings. The first kappa shape index (κ1) is 17.3. The van der Waals surface area contributed by atoms with E-state index in [2.05, 4.69) is 6.92 Å². The Kier molecular flexibility index (Phi) is 10.4. The van der Waals surface area contributed by atoms with Gasteiger partial charge in [0.15, 0.2) is 11.5 Å².